The summed E-state index contributed by atoms with van der Waals surface area (Å²) in [5, 5.41) is 9.85. The van der Waals surface area contributed by atoms with Crippen LogP contribution in [0.2, 0.25) is 0 Å². The molecule has 3 rings (SSSR count). The zero-order valence-corrected chi connectivity index (χ0v) is 15.0. The quantitative estimate of drug-likeness (QED) is 0.784. The molecule has 2 aliphatic heterocycles. The number of carboxylic acid groups (broad SMARTS) is 1. The van der Waals surface area contributed by atoms with Crippen molar-refractivity contribution in [2.45, 2.75) is 6.54 Å². The van der Waals surface area contributed by atoms with E-state index in [4.69, 9.17) is 9.47 Å². The molecule has 1 aromatic carbocycles. The Labute approximate surface area is 151 Å². The molecule has 0 amide bonds. The maximum atomic E-state index is 14.4. The lowest BCUT2D eigenvalue weighted by Crippen LogP contribution is -2.41. The van der Waals surface area contributed by atoms with E-state index in [-0.39, 0.29) is 12.5 Å². The van der Waals surface area contributed by atoms with Crippen LogP contribution in [0.3, 0.4) is 0 Å². The maximum Gasteiger partial charge on any atom is 0.312 e. The molecule has 2 aliphatic rings. The largest absolute Gasteiger partial charge is 0.491 e. The van der Waals surface area contributed by atoms with E-state index in [1.54, 1.807) is 7.11 Å². The van der Waals surface area contributed by atoms with Gasteiger partial charge in [0, 0.05) is 57.9 Å². The van der Waals surface area contributed by atoms with E-state index in [0.29, 0.717) is 44.9 Å². The van der Waals surface area contributed by atoms with Crippen LogP contribution in [0.15, 0.2) is 12.1 Å². The average Bonchev–Trinajstić information content (AvgIpc) is 3.10. The number of halogens is 2. The van der Waals surface area contributed by atoms with Crippen LogP contribution < -0.4 is 4.74 Å². The Hall–Kier alpha value is -1.77. The van der Waals surface area contributed by atoms with Crippen LogP contribution in [0.1, 0.15) is 5.56 Å². The third kappa shape index (κ3) is 3.28. The lowest BCUT2D eigenvalue weighted by atomic mass is 9.81. The third-order valence-corrected chi connectivity index (χ3v) is 5.51. The van der Waals surface area contributed by atoms with Crippen molar-refractivity contribution < 1.29 is 28.2 Å². The maximum absolute atomic E-state index is 14.4. The summed E-state index contributed by atoms with van der Waals surface area (Å²) in [7, 11) is 2.84. The van der Waals surface area contributed by atoms with Crippen LogP contribution in [-0.4, -0.2) is 74.4 Å². The van der Waals surface area contributed by atoms with Crippen molar-refractivity contribution in [1.82, 2.24) is 9.80 Å². The number of aliphatic carboxylic acids is 1. The fourth-order valence-electron chi connectivity index (χ4n) is 4.21. The summed E-state index contributed by atoms with van der Waals surface area (Å²) in [5.41, 5.74) is -0.547. The number of nitrogens with zero attached hydrogens (tertiary/aromatic N) is 2. The first-order valence-electron chi connectivity index (χ1n) is 8.59. The standard InChI is InChI=1S/C18H24F2N2O4/c1-25-6-5-21-8-13-9-22(11-18(13,10-21)17(23)24)7-12-3-4-14(19)16(26-2)15(12)20/h3-4,13H,5-11H2,1-2H3,(H,23,24)/t13-,18-/m0/s1. The van der Waals surface area contributed by atoms with Crippen molar-refractivity contribution >= 4 is 5.97 Å². The molecule has 144 valence electrons. The predicted octanol–water partition coefficient (Wildman–Crippen LogP) is 1.44. The Balaban J connectivity index is 1.73. The van der Waals surface area contributed by atoms with Gasteiger partial charge in [-0.2, -0.15) is 0 Å². The molecule has 0 aliphatic carbocycles. The number of hydrogen-bond donors (Lipinski definition) is 1. The normalized spacial score (nSPS) is 26.2. The van der Waals surface area contributed by atoms with Crippen LogP contribution in [0.5, 0.6) is 5.75 Å². The van der Waals surface area contributed by atoms with E-state index in [2.05, 4.69) is 4.90 Å². The molecule has 0 unspecified atom stereocenters. The van der Waals surface area contributed by atoms with Gasteiger partial charge in [-0.05, 0) is 6.07 Å². The fourth-order valence-corrected chi connectivity index (χ4v) is 4.21. The molecule has 2 atom stereocenters. The highest BCUT2D eigenvalue weighted by Gasteiger charge is 2.57. The Bertz CT molecular complexity index is 687. The number of carbonyl (C=O) groups is 1. The summed E-state index contributed by atoms with van der Waals surface area (Å²) in [5.74, 6) is -2.72. The van der Waals surface area contributed by atoms with Gasteiger partial charge < -0.3 is 14.6 Å². The van der Waals surface area contributed by atoms with E-state index in [1.165, 1.54) is 19.2 Å². The highest BCUT2D eigenvalue weighted by atomic mass is 19.1. The van der Waals surface area contributed by atoms with Crippen LogP contribution in [0.4, 0.5) is 8.78 Å². The van der Waals surface area contributed by atoms with Crippen molar-refractivity contribution in [2.24, 2.45) is 11.3 Å². The number of methoxy groups -OCH3 is 2. The number of benzene rings is 1. The van der Waals surface area contributed by atoms with Crippen LogP contribution >= 0.6 is 0 Å². The molecule has 6 nitrogen and oxygen atoms in total. The topological polar surface area (TPSA) is 62.2 Å². The fraction of sp³-hybridized carbons (Fsp3) is 0.611. The molecule has 26 heavy (non-hydrogen) atoms. The average molecular weight is 370 g/mol. The predicted molar refractivity (Wildman–Crippen MR) is 90.1 cm³/mol. The molecular weight excluding hydrogens is 346 g/mol. The molecule has 0 spiro atoms. The van der Waals surface area contributed by atoms with Gasteiger partial charge in [0.05, 0.1) is 19.1 Å². The van der Waals surface area contributed by atoms with E-state index >= 15 is 0 Å². The van der Waals surface area contributed by atoms with Crippen molar-refractivity contribution in [3.8, 4) is 5.75 Å². The lowest BCUT2D eigenvalue weighted by Gasteiger charge is -2.25. The van der Waals surface area contributed by atoms with Crippen LogP contribution in [0, 0.1) is 23.0 Å². The molecule has 0 saturated carbocycles. The van der Waals surface area contributed by atoms with Gasteiger partial charge in [0.15, 0.2) is 17.4 Å². The monoisotopic (exact) mass is 370 g/mol. The Kier molecular flexibility index (Phi) is 5.45. The molecule has 8 heteroatoms. The van der Waals surface area contributed by atoms with Crippen molar-refractivity contribution in [3.63, 3.8) is 0 Å². The second-order valence-electron chi connectivity index (χ2n) is 7.11. The van der Waals surface area contributed by atoms with Gasteiger partial charge >= 0.3 is 5.97 Å². The first-order chi connectivity index (χ1) is 12.4. The first kappa shape index (κ1) is 19.0. The summed E-state index contributed by atoms with van der Waals surface area (Å²) in [6, 6.07) is 2.56. The van der Waals surface area contributed by atoms with Crippen molar-refractivity contribution in [1.29, 1.82) is 0 Å². The summed E-state index contributed by atoms with van der Waals surface area (Å²) in [6.07, 6.45) is 0. The molecule has 1 aromatic rings. The molecule has 0 aromatic heterocycles. The Morgan fingerprint density at radius 1 is 1.27 bits per heavy atom. The van der Waals surface area contributed by atoms with Crippen molar-refractivity contribution in [2.75, 3.05) is 53.6 Å². The van der Waals surface area contributed by atoms with Gasteiger partial charge in [-0.25, -0.2) is 8.78 Å². The molecule has 2 heterocycles. The molecule has 2 saturated heterocycles. The zero-order chi connectivity index (χ0) is 18.9. The SMILES string of the molecule is COCCN1C[C@H]2CN(Cc3ccc(F)c(OC)c3F)C[C@@]2(C(=O)O)C1. The molecular formula is C18H24F2N2O4. The Morgan fingerprint density at radius 3 is 2.58 bits per heavy atom. The number of carboxylic acids is 1. The van der Waals surface area contributed by atoms with Gasteiger partial charge in [0.25, 0.3) is 0 Å². The second kappa shape index (κ2) is 7.46. The zero-order valence-electron chi connectivity index (χ0n) is 15.0. The lowest BCUT2D eigenvalue weighted by molar-refractivity contribution is -0.149. The second-order valence-corrected chi connectivity index (χ2v) is 7.11. The minimum atomic E-state index is -0.853. The summed E-state index contributed by atoms with van der Waals surface area (Å²) in [6.45, 7) is 3.54. The van der Waals surface area contributed by atoms with E-state index in [9.17, 15) is 18.7 Å². The van der Waals surface area contributed by atoms with E-state index < -0.39 is 28.8 Å². The molecule has 2 fully saturated rings. The van der Waals surface area contributed by atoms with Crippen LogP contribution in [-0.2, 0) is 16.1 Å². The minimum Gasteiger partial charge on any atom is -0.491 e. The van der Waals surface area contributed by atoms with E-state index in [0.717, 1.165) is 0 Å². The van der Waals surface area contributed by atoms with Gasteiger partial charge in [0.1, 0.15) is 0 Å². The smallest absolute Gasteiger partial charge is 0.312 e. The number of hydrogen-bond acceptors (Lipinski definition) is 5. The minimum absolute atomic E-state index is 0.0257. The highest BCUT2D eigenvalue weighted by Crippen LogP contribution is 2.43. The highest BCUT2D eigenvalue weighted by molar-refractivity contribution is 5.77. The van der Waals surface area contributed by atoms with Gasteiger partial charge in [-0.3, -0.25) is 14.6 Å². The van der Waals surface area contributed by atoms with Gasteiger partial charge in [0.2, 0.25) is 0 Å². The number of ether oxygens (including phenoxy) is 2. The van der Waals surface area contributed by atoms with E-state index in [1.807, 2.05) is 4.90 Å². The summed E-state index contributed by atoms with van der Waals surface area (Å²) in [4.78, 5) is 16.1. The molecule has 0 radical (unpaired) electrons. The Morgan fingerprint density at radius 2 is 1.96 bits per heavy atom. The summed E-state index contributed by atoms with van der Waals surface area (Å²) < 4.78 is 37.8. The summed E-state index contributed by atoms with van der Waals surface area (Å²) >= 11 is 0. The molecule has 1 N–H and O–H groups in total. The van der Waals surface area contributed by atoms with Crippen LogP contribution in [0.25, 0.3) is 0 Å². The van der Waals surface area contributed by atoms with Crippen molar-refractivity contribution in [3.05, 3.63) is 29.3 Å². The number of likely N-dealkylation sites (tertiary alicyclic amines) is 2. The van der Waals surface area contributed by atoms with Gasteiger partial charge in [-0.1, -0.05) is 6.07 Å². The number of fused-ring (bicyclic) bond motifs is 1. The third-order valence-electron chi connectivity index (χ3n) is 5.51. The van der Waals surface area contributed by atoms with Gasteiger partial charge in [-0.15, -0.1) is 0 Å². The first-order valence-corrected chi connectivity index (χ1v) is 8.59. The number of rotatable bonds is 7. The molecule has 0 bridgehead atoms.